The zero-order valence-corrected chi connectivity index (χ0v) is 17.2. The number of hydrogen-bond donors (Lipinski definition) is 0. The molecular formula is C24H40O. The molecule has 5 aliphatic rings. The van der Waals surface area contributed by atoms with Crippen molar-refractivity contribution in [3.8, 4) is 0 Å². The largest absolute Gasteiger partial charge is 0.370 e. The Bertz CT molecular complexity index is 536. The predicted molar refractivity (Wildman–Crippen MR) is 103 cm³/mol. The van der Waals surface area contributed by atoms with Crippen LogP contribution in [-0.2, 0) is 4.74 Å². The molecular weight excluding hydrogens is 304 g/mol. The second-order valence-electron chi connectivity index (χ2n) is 11.7. The van der Waals surface area contributed by atoms with Crippen LogP contribution in [0, 0.1) is 46.3 Å². The van der Waals surface area contributed by atoms with Gasteiger partial charge in [0.1, 0.15) is 0 Å². The fraction of sp³-hybridized carbons (Fsp3) is 1.00. The molecule has 0 amide bonds. The van der Waals surface area contributed by atoms with E-state index in [2.05, 4.69) is 27.7 Å². The van der Waals surface area contributed by atoms with E-state index < -0.39 is 0 Å². The third kappa shape index (κ3) is 2.36. The van der Waals surface area contributed by atoms with Gasteiger partial charge in [-0.25, -0.2) is 0 Å². The smallest absolute Gasteiger partial charge is 0.0921 e. The van der Waals surface area contributed by atoms with E-state index in [0.717, 1.165) is 42.1 Å². The van der Waals surface area contributed by atoms with Crippen LogP contribution >= 0.6 is 0 Å². The molecule has 142 valence electrons. The molecule has 4 saturated carbocycles. The zero-order chi connectivity index (χ0) is 17.4. The van der Waals surface area contributed by atoms with Crippen LogP contribution in [0.3, 0.4) is 0 Å². The van der Waals surface area contributed by atoms with Gasteiger partial charge in [-0.1, -0.05) is 33.6 Å². The van der Waals surface area contributed by atoms with Gasteiger partial charge in [0.25, 0.3) is 0 Å². The van der Waals surface area contributed by atoms with Crippen LogP contribution in [0.15, 0.2) is 0 Å². The molecule has 9 atom stereocenters. The summed E-state index contributed by atoms with van der Waals surface area (Å²) in [6, 6.07) is 0. The van der Waals surface area contributed by atoms with Crippen LogP contribution in [-0.4, -0.2) is 12.2 Å². The maximum atomic E-state index is 5.96. The maximum absolute atomic E-state index is 5.96. The van der Waals surface area contributed by atoms with Crippen molar-refractivity contribution in [1.82, 2.24) is 0 Å². The van der Waals surface area contributed by atoms with Gasteiger partial charge in [0.2, 0.25) is 0 Å². The molecule has 1 saturated heterocycles. The van der Waals surface area contributed by atoms with Crippen LogP contribution in [0.5, 0.6) is 0 Å². The van der Waals surface area contributed by atoms with E-state index in [1.54, 1.807) is 6.42 Å². The highest BCUT2D eigenvalue weighted by Crippen LogP contribution is 2.69. The van der Waals surface area contributed by atoms with Crippen molar-refractivity contribution in [1.29, 1.82) is 0 Å². The first-order chi connectivity index (χ1) is 11.9. The Labute approximate surface area is 155 Å². The van der Waals surface area contributed by atoms with Crippen molar-refractivity contribution in [3.05, 3.63) is 0 Å². The SMILES string of the molecule is C[C@@H]1CC[C@@H]2CC[C@H]3C4CC[C@H](C5(C)CO5)[C@@]4(C)CCC3[C@@]2(C)CC1. The Balaban J connectivity index is 1.43. The highest BCUT2D eigenvalue weighted by atomic mass is 16.6. The summed E-state index contributed by atoms with van der Waals surface area (Å²) in [6.07, 6.45) is 15.1. The Morgan fingerprint density at radius 2 is 1.40 bits per heavy atom. The highest BCUT2D eigenvalue weighted by molar-refractivity contribution is 5.13. The van der Waals surface area contributed by atoms with E-state index in [9.17, 15) is 0 Å². The van der Waals surface area contributed by atoms with Crippen molar-refractivity contribution in [2.24, 2.45) is 46.3 Å². The Kier molecular flexibility index (Phi) is 3.75. The molecule has 1 aliphatic heterocycles. The van der Waals surface area contributed by atoms with Gasteiger partial charge in [-0.05, 0) is 105 Å². The van der Waals surface area contributed by atoms with Crippen molar-refractivity contribution in [2.45, 2.75) is 97.5 Å². The van der Waals surface area contributed by atoms with Crippen LogP contribution in [0.4, 0.5) is 0 Å². The molecule has 5 rings (SSSR count). The summed E-state index contributed by atoms with van der Waals surface area (Å²) in [5.41, 5.74) is 1.48. The molecule has 0 aromatic rings. The topological polar surface area (TPSA) is 12.5 Å². The second kappa shape index (κ2) is 5.49. The zero-order valence-electron chi connectivity index (χ0n) is 17.2. The van der Waals surface area contributed by atoms with Gasteiger partial charge in [0, 0.05) is 0 Å². The summed E-state index contributed by atoms with van der Waals surface area (Å²) < 4.78 is 5.96. The van der Waals surface area contributed by atoms with Crippen molar-refractivity contribution < 1.29 is 4.74 Å². The average Bonchev–Trinajstić information content (AvgIpc) is 3.24. The molecule has 1 nitrogen and oxygen atoms in total. The van der Waals surface area contributed by atoms with Gasteiger partial charge < -0.3 is 4.74 Å². The molecule has 0 bridgehead atoms. The first kappa shape index (κ1) is 17.1. The first-order valence-electron chi connectivity index (χ1n) is 11.5. The minimum absolute atomic E-state index is 0.245. The van der Waals surface area contributed by atoms with Gasteiger partial charge in [-0.2, -0.15) is 0 Å². The Morgan fingerprint density at radius 3 is 2.16 bits per heavy atom. The Morgan fingerprint density at radius 1 is 0.720 bits per heavy atom. The normalized spacial score (nSPS) is 61.0. The van der Waals surface area contributed by atoms with Crippen LogP contribution in [0.25, 0.3) is 0 Å². The summed E-state index contributed by atoms with van der Waals surface area (Å²) in [7, 11) is 0. The molecule has 0 N–H and O–H groups in total. The van der Waals surface area contributed by atoms with Crippen LogP contribution < -0.4 is 0 Å². The molecule has 0 aromatic carbocycles. The van der Waals surface area contributed by atoms with E-state index in [0.29, 0.717) is 10.8 Å². The van der Waals surface area contributed by atoms with Crippen LogP contribution in [0.2, 0.25) is 0 Å². The van der Waals surface area contributed by atoms with Gasteiger partial charge in [-0.3, -0.25) is 0 Å². The lowest BCUT2D eigenvalue weighted by Crippen LogP contribution is -2.52. The lowest BCUT2D eigenvalue weighted by Gasteiger charge is -2.59. The summed E-state index contributed by atoms with van der Waals surface area (Å²) in [6.45, 7) is 11.3. The third-order valence-electron chi connectivity index (χ3n) is 10.6. The molecule has 0 aromatic heterocycles. The molecule has 1 heteroatoms. The van der Waals surface area contributed by atoms with E-state index in [-0.39, 0.29) is 5.60 Å². The molecule has 3 unspecified atom stereocenters. The van der Waals surface area contributed by atoms with Gasteiger partial charge >= 0.3 is 0 Å². The van der Waals surface area contributed by atoms with Crippen molar-refractivity contribution in [3.63, 3.8) is 0 Å². The molecule has 25 heavy (non-hydrogen) atoms. The average molecular weight is 345 g/mol. The molecule has 0 radical (unpaired) electrons. The fourth-order valence-electron chi connectivity index (χ4n) is 8.90. The lowest BCUT2D eigenvalue weighted by molar-refractivity contribution is -0.104. The molecule has 5 fully saturated rings. The van der Waals surface area contributed by atoms with E-state index >= 15 is 0 Å². The summed E-state index contributed by atoms with van der Waals surface area (Å²) in [5.74, 6) is 5.89. The Hall–Kier alpha value is -0.0400. The van der Waals surface area contributed by atoms with Gasteiger partial charge in [0.05, 0.1) is 12.2 Å². The van der Waals surface area contributed by atoms with Gasteiger partial charge in [-0.15, -0.1) is 0 Å². The quantitative estimate of drug-likeness (QED) is 0.497. The van der Waals surface area contributed by atoms with Gasteiger partial charge in [0.15, 0.2) is 0 Å². The van der Waals surface area contributed by atoms with Crippen molar-refractivity contribution >= 4 is 0 Å². The minimum atomic E-state index is 0.245. The lowest BCUT2D eigenvalue weighted by atomic mass is 9.46. The monoisotopic (exact) mass is 344 g/mol. The fourth-order valence-corrected chi connectivity index (χ4v) is 8.90. The maximum Gasteiger partial charge on any atom is 0.0921 e. The number of fused-ring (bicyclic) bond motifs is 5. The minimum Gasteiger partial charge on any atom is -0.370 e. The van der Waals surface area contributed by atoms with Crippen molar-refractivity contribution in [2.75, 3.05) is 6.61 Å². The van der Waals surface area contributed by atoms with E-state index in [4.69, 9.17) is 4.74 Å². The van der Waals surface area contributed by atoms with Crippen LogP contribution in [0.1, 0.15) is 91.9 Å². The summed E-state index contributed by atoms with van der Waals surface area (Å²) >= 11 is 0. The summed E-state index contributed by atoms with van der Waals surface area (Å²) in [4.78, 5) is 0. The number of epoxide rings is 1. The molecule has 4 aliphatic carbocycles. The third-order valence-corrected chi connectivity index (χ3v) is 10.6. The predicted octanol–water partition coefficient (Wildman–Crippen LogP) is 6.46. The molecule has 1 heterocycles. The van der Waals surface area contributed by atoms with E-state index in [1.165, 1.54) is 57.8 Å². The standard InChI is InChI=1S/C24H40O/c1-16-5-6-17-7-8-18-19-9-10-21(24(4)15-25-24)23(19,3)14-12-20(18)22(17,2)13-11-16/h16-21H,5-15H2,1-4H3/t16-,17-,18+,19?,20?,21+,22+,23+,24?/m1/s1. The number of rotatable bonds is 1. The summed E-state index contributed by atoms with van der Waals surface area (Å²) in [5, 5.41) is 0. The molecule has 0 spiro atoms. The first-order valence-corrected chi connectivity index (χ1v) is 11.5. The number of ether oxygens (including phenoxy) is 1. The second-order valence-corrected chi connectivity index (χ2v) is 11.7. The highest BCUT2D eigenvalue weighted by Gasteiger charge is 2.64. The number of hydrogen-bond acceptors (Lipinski definition) is 1. The van der Waals surface area contributed by atoms with E-state index in [1.807, 2.05) is 0 Å².